The molecule has 7 nitrogen and oxygen atoms in total. The van der Waals surface area contributed by atoms with E-state index in [9.17, 15) is 0 Å². The summed E-state index contributed by atoms with van der Waals surface area (Å²) in [5.74, 6) is 3.71. The van der Waals surface area contributed by atoms with E-state index in [-0.39, 0.29) is 12.0 Å². The van der Waals surface area contributed by atoms with Crippen LogP contribution in [0.2, 0.25) is 0 Å². The minimum Gasteiger partial charge on any atom is -0.370 e. The van der Waals surface area contributed by atoms with Gasteiger partial charge in [-0.25, -0.2) is 4.98 Å². The van der Waals surface area contributed by atoms with E-state index in [4.69, 9.17) is 9.72 Å². The number of nitrogens with one attached hydrogen (secondary N) is 1. The SMILES string of the molecule is CC1CCN(c2n[nH]c([C@@H]3CCCO[C@H]3c3nccn3C)n2)CC1. The van der Waals surface area contributed by atoms with Gasteiger partial charge in [0.2, 0.25) is 5.95 Å². The van der Waals surface area contributed by atoms with Crippen molar-refractivity contribution in [3.05, 3.63) is 24.0 Å². The van der Waals surface area contributed by atoms with Crippen LogP contribution in [0.4, 0.5) is 5.95 Å². The number of aromatic amines is 1. The van der Waals surface area contributed by atoms with Crippen molar-refractivity contribution in [3.8, 4) is 0 Å². The molecule has 4 rings (SSSR count). The first-order valence-electron chi connectivity index (χ1n) is 8.98. The standard InChI is InChI=1S/C17H26N6O/c1-12-5-8-23(9-6-12)17-19-15(20-21-17)13-4-3-11-24-14(13)16-18-7-10-22(16)2/h7,10,12-14H,3-6,8-9,11H2,1-2H3,(H,19,20,21)/t13-,14-/m1/s1. The summed E-state index contributed by atoms with van der Waals surface area (Å²) in [6, 6.07) is 0. The molecule has 0 amide bonds. The van der Waals surface area contributed by atoms with Crippen LogP contribution in [-0.2, 0) is 11.8 Å². The smallest absolute Gasteiger partial charge is 0.244 e. The van der Waals surface area contributed by atoms with Crippen molar-refractivity contribution >= 4 is 5.95 Å². The predicted molar refractivity (Wildman–Crippen MR) is 90.9 cm³/mol. The largest absolute Gasteiger partial charge is 0.370 e. The van der Waals surface area contributed by atoms with Gasteiger partial charge >= 0.3 is 0 Å². The van der Waals surface area contributed by atoms with E-state index in [0.29, 0.717) is 0 Å². The molecule has 1 N–H and O–H groups in total. The molecular weight excluding hydrogens is 304 g/mol. The average molecular weight is 330 g/mol. The van der Waals surface area contributed by atoms with Gasteiger partial charge in [-0.3, -0.25) is 5.10 Å². The Hall–Kier alpha value is -1.89. The van der Waals surface area contributed by atoms with Gasteiger partial charge in [0.1, 0.15) is 17.8 Å². The van der Waals surface area contributed by atoms with Crippen molar-refractivity contribution in [2.24, 2.45) is 13.0 Å². The number of ether oxygens (including phenoxy) is 1. The summed E-state index contributed by atoms with van der Waals surface area (Å²) in [4.78, 5) is 11.6. The van der Waals surface area contributed by atoms with Crippen LogP contribution >= 0.6 is 0 Å². The topological polar surface area (TPSA) is 71.9 Å². The summed E-state index contributed by atoms with van der Waals surface area (Å²) in [5.41, 5.74) is 0. The van der Waals surface area contributed by atoms with Crippen molar-refractivity contribution in [1.82, 2.24) is 24.7 Å². The van der Waals surface area contributed by atoms with Gasteiger partial charge in [0.05, 0.1) is 5.92 Å². The molecule has 2 aromatic heterocycles. The number of piperidine rings is 1. The van der Waals surface area contributed by atoms with Gasteiger partial charge in [-0.2, -0.15) is 4.98 Å². The maximum atomic E-state index is 6.05. The van der Waals surface area contributed by atoms with Crippen molar-refractivity contribution in [2.75, 3.05) is 24.6 Å². The summed E-state index contributed by atoms with van der Waals surface area (Å²) in [5, 5.41) is 7.66. The van der Waals surface area contributed by atoms with Gasteiger partial charge < -0.3 is 14.2 Å². The van der Waals surface area contributed by atoms with Crippen molar-refractivity contribution in [3.63, 3.8) is 0 Å². The van der Waals surface area contributed by atoms with Crippen LogP contribution in [0.5, 0.6) is 0 Å². The Morgan fingerprint density at radius 1 is 1.25 bits per heavy atom. The fourth-order valence-corrected chi connectivity index (χ4v) is 3.75. The van der Waals surface area contributed by atoms with Crippen LogP contribution in [0.3, 0.4) is 0 Å². The molecule has 2 atom stereocenters. The monoisotopic (exact) mass is 330 g/mol. The number of hydrogen-bond donors (Lipinski definition) is 1. The first-order valence-corrected chi connectivity index (χ1v) is 8.98. The highest BCUT2D eigenvalue weighted by Crippen LogP contribution is 2.39. The van der Waals surface area contributed by atoms with Crippen LogP contribution in [0.25, 0.3) is 0 Å². The third-order valence-corrected chi connectivity index (χ3v) is 5.34. The Labute approximate surface area is 142 Å². The highest BCUT2D eigenvalue weighted by Gasteiger charge is 2.34. The summed E-state index contributed by atoms with van der Waals surface area (Å²) < 4.78 is 8.09. The van der Waals surface area contributed by atoms with E-state index in [1.807, 2.05) is 24.0 Å². The molecule has 0 unspecified atom stereocenters. The van der Waals surface area contributed by atoms with Gasteiger partial charge in [-0.15, -0.1) is 5.10 Å². The Bertz CT molecular complexity index is 672. The quantitative estimate of drug-likeness (QED) is 0.936. The summed E-state index contributed by atoms with van der Waals surface area (Å²) in [7, 11) is 2.01. The fourth-order valence-electron chi connectivity index (χ4n) is 3.75. The van der Waals surface area contributed by atoms with Crippen LogP contribution in [0.1, 0.15) is 56.3 Å². The maximum Gasteiger partial charge on any atom is 0.244 e. The molecule has 2 aromatic rings. The van der Waals surface area contributed by atoms with Crippen molar-refractivity contribution < 1.29 is 4.74 Å². The predicted octanol–water partition coefficient (Wildman–Crippen LogP) is 2.41. The van der Waals surface area contributed by atoms with Crippen molar-refractivity contribution in [1.29, 1.82) is 0 Å². The molecular formula is C17H26N6O. The number of hydrogen-bond acceptors (Lipinski definition) is 5. The molecule has 0 radical (unpaired) electrons. The molecule has 2 aliphatic heterocycles. The van der Waals surface area contributed by atoms with Gasteiger partial charge in [0.15, 0.2) is 0 Å². The lowest BCUT2D eigenvalue weighted by molar-refractivity contribution is -0.0112. The zero-order valence-corrected chi connectivity index (χ0v) is 14.5. The first-order chi connectivity index (χ1) is 11.7. The Morgan fingerprint density at radius 3 is 2.83 bits per heavy atom. The zero-order chi connectivity index (χ0) is 16.5. The molecule has 0 spiro atoms. The lowest BCUT2D eigenvalue weighted by Crippen LogP contribution is -2.33. The molecule has 0 aliphatic carbocycles. The minimum atomic E-state index is -0.0547. The normalized spacial score (nSPS) is 26.0. The molecule has 24 heavy (non-hydrogen) atoms. The summed E-state index contributed by atoms with van der Waals surface area (Å²) >= 11 is 0. The molecule has 4 heterocycles. The van der Waals surface area contributed by atoms with E-state index in [1.54, 1.807) is 0 Å². The van der Waals surface area contributed by atoms with Gasteiger partial charge in [-0.05, 0) is 31.6 Å². The van der Waals surface area contributed by atoms with Crippen LogP contribution in [0.15, 0.2) is 12.4 Å². The molecule has 0 saturated carbocycles. The van der Waals surface area contributed by atoms with E-state index < -0.39 is 0 Å². The van der Waals surface area contributed by atoms with E-state index in [1.165, 1.54) is 12.8 Å². The molecule has 7 heteroatoms. The number of nitrogens with zero attached hydrogens (tertiary/aromatic N) is 5. The lowest BCUT2D eigenvalue weighted by Gasteiger charge is -2.30. The lowest BCUT2D eigenvalue weighted by atomic mass is 9.93. The Kier molecular flexibility index (Phi) is 4.26. The van der Waals surface area contributed by atoms with E-state index >= 15 is 0 Å². The highest BCUT2D eigenvalue weighted by molar-refractivity contribution is 5.30. The number of imidazole rings is 1. The number of rotatable bonds is 3. The van der Waals surface area contributed by atoms with Crippen molar-refractivity contribution in [2.45, 2.75) is 44.6 Å². The molecule has 2 saturated heterocycles. The van der Waals surface area contributed by atoms with Gasteiger partial charge in [0, 0.05) is 39.1 Å². The summed E-state index contributed by atoms with van der Waals surface area (Å²) in [6.45, 7) is 5.18. The summed E-state index contributed by atoms with van der Waals surface area (Å²) in [6.07, 6.45) is 8.25. The van der Waals surface area contributed by atoms with E-state index in [2.05, 4.69) is 27.0 Å². The third-order valence-electron chi connectivity index (χ3n) is 5.34. The fraction of sp³-hybridized carbons (Fsp3) is 0.706. The molecule has 0 aromatic carbocycles. The number of aryl methyl sites for hydroxylation is 1. The number of anilines is 1. The first kappa shape index (κ1) is 15.6. The van der Waals surface area contributed by atoms with Crippen LogP contribution in [-0.4, -0.2) is 44.4 Å². The molecule has 0 bridgehead atoms. The number of H-pyrrole nitrogens is 1. The second-order valence-electron chi connectivity index (χ2n) is 7.13. The van der Waals surface area contributed by atoms with Crippen LogP contribution in [0, 0.1) is 5.92 Å². The Morgan fingerprint density at radius 2 is 2.08 bits per heavy atom. The highest BCUT2D eigenvalue weighted by atomic mass is 16.5. The second kappa shape index (κ2) is 6.55. The van der Waals surface area contributed by atoms with E-state index in [0.717, 1.165) is 56.1 Å². The van der Waals surface area contributed by atoms with Crippen LogP contribution < -0.4 is 4.90 Å². The molecule has 2 fully saturated rings. The molecule has 130 valence electrons. The maximum absolute atomic E-state index is 6.05. The minimum absolute atomic E-state index is 0.0547. The second-order valence-corrected chi connectivity index (χ2v) is 7.13. The molecule has 2 aliphatic rings. The average Bonchev–Trinajstić information content (AvgIpc) is 3.25. The van der Waals surface area contributed by atoms with Gasteiger partial charge in [0.25, 0.3) is 0 Å². The Balaban J connectivity index is 1.55. The number of aromatic nitrogens is 5. The third kappa shape index (κ3) is 2.92. The van der Waals surface area contributed by atoms with Gasteiger partial charge in [-0.1, -0.05) is 6.92 Å². The zero-order valence-electron chi connectivity index (χ0n) is 14.5.